The van der Waals surface area contributed by atoms with Crippen molar-refractivity contribution in [3.05, 3.63) is 71.4 Å². The Morgan fingerprint density at radius 1 is 1.18 bits per heavy atom. The maximum Gasteiger partial charge on any atom is 0.254 e. The first-order chi connectivity index (χ1) is 18.4. The fourth-order valence-electron chi connectivity index (χ4n) is 5.05. The summed E-state index contributed by atoms with van der Waals surface area (Å²) in [6.45, 7) is 1.00. The van der Waals surface area contributed by atoms with E-state index in [0.29, 0.717) is 35.8 Å². The summed E-state index contributed by atoms with van der Waals surface area (Å²) in [5.41, 5.74) is 5.07. The molecule has 3 aromatic heterocycles. The van der Waals surface area contributed by atoms with Gasteiger partial charge in [0.15, 0.2) is 0 Å². The number of imidazole rings is 1. The molecule has 4 heterocycles. The number of hydrogen-bond donors (Lipinski definition) is 2. The summed E-state index contributed by atoms with van der Waals surface area (Å²) in [7, 11) is 5.70. The molecular formula is C28H29FN6O3. The Labute approximate surface area is 219 Å². The highest BCUT2D eigenvalue weighted by Gasteiger charge is 2.32. The van der Waals surface area contributed by atoms with E-state index in [1.165, 1.54) is 12.1 Å². The van der Waals surface area contributed by atoms with E-state index >= 15 is 0 Å². The Hall–Kier alpha value is -4.02. The van der Waals surface area contributed by atoms with Crippen molar-refractivity contribution in [1.82, 2.24) is 24.6 Å². The number of fused-ring (bicyclic) bond motifs is 2. The van der Waals surface area contributed by atoms with Crippen LogP contribution in [0.1, 0.15) is 34.5 Å². The smallest absolute Gasteiger partial charge is 0.254 e. The zero-order valence-electron chi connectivity index (χ0n) is 21.5. The van der Waals surface area contributed by atoms with E-state index in [0.717, 1.165) is 41.1 Å². The number of halogens is 1. The predicted octanol–water partition coefficient (Wildman–Crippen LogP) is 4.14. The lowest BCUT2D eigenvalue weighted by atomic mass is 9.92. The molecule has 196 valence electrons. The second kappa shape index (κ2) is 9.70. The summed E-state index contributed by atoms with van der Waals surface area (Å²) < 4.78 is 27.1. The second-order valence-corrected chi connectivity index (χ2v) is 9.99. The van der Waals surface area contributed by atoms with Crippen LogP contribution in [0.3, 0.4) is 0 Å². The van der Waals surface area contributed by atoms with Crippen LogP contribution in [-0.4, -0.2) is 58.6 Å². The van der Waals surface area contributed by atoms with Crippen molar-refractivity contribution in [3.63, 3.8) is 0 Å². The summed E-state index contributed by atoms with van der Waals surface area (Å²) in [5, 5.41) is 6.29. The van der Waals surface area contributed by atoms with Gasteiger partial charge in [0, 0.05) is 50.9 Å². The third-order valence-corrected chi connectivity index (χ3v) is 7.06. The minimum absolute atomic E-state index is 0.122. The lowest BCUT2D eigenvalue weighted by Gasteiger charge is -2.34. The van der Waals surface area contributed by atoms with Gasteiger partial charge in [-0.1, -0.05) is 6.07 Å². The number of benzene rings is 1. The van der Waals surface area contributed by atoms with Crippen LogP contribution in [0.25, 0.3) is 16.9 Å². The van der Waals surface area contributed by atoms with Gasteiger partial charge in [0.2, 0.25) is 0 Å². The first-order valence-corrected chi connectivity index (χ1v) is 12.6. The summed E-state index contributed by atoms with van der Waals surface area (Å²) >= 11 is 0. The molecule has 1 aromatic carbocycles. The van der Waals surface area contributed by atoms with Crippen molar-refractivity contribution in [2.24, 2.45) is 0 Å². The number of carbonyl (C=O) groups is 1. The number of rotatable bonds is 8. The maximum absolute atomic E-state index is 13.7. The average Bonchev–Trinajstić information content (AvgIpc) is 3.46. The number of aromatic nitrogens is 3. The molecule has 4 aromatic rings. The van der Waals surface area contributed by atoms with Crippen LogP contribution < -0.4 is 15.4 Å². The van der Waals surface area contributed by atoms with Crippen molar-refractivity contribution in [2.45, 2.75) is 38.1 Å². The highest BCUT2D eigenvalue weighted by Crippen LogP contribution is 2.36. The van der Waals surface area contributed by atoms with E-state index in [1.807, 2.05) is 47.7 Å². The van der Waals surface area contributed by atoms with E-state index in [1.54, 1.807) is 19.5 Å². The van der Waals surface area contributed by atoms with Crippen LogP contribution in [0.4, 0.5) is 15.9 Å². The minimum Gasteiger partial charge on any atom is -0.488 e. The van der Waals surface area contributed by atoms with Gasteiger partial charge in [0.05, 0.1) is 34.9 Å². The van der Waals surface area contributed by atoms with Crippen molar-refractivity contribution >= 4 is 23.1 Å². The standard InChI is InChI=1S/C28H29FN6O3/c1-34(2)15-22-24(38-18-11-17(12-18)37-3)6-7-25(33-22)32-21-5-4-19(20-13-31-28(36)27(20)21)23-14-30-26-10-16(29)8-9-35(23)26/h4-10,14,17-18H,11-13,15H2,1-3H3,(H,31,36)(H,32,33). The molecule has 2 aliphatic rings. The van der Waals surface area contributed by atoms with Crippen LogP contribution in [-0.2, 0) is 17.8 Å². The number of hydrogen-bond acceptors (Lipinski definition) is 7. The molecule has 0 radical (unpaired) electrons. The molecular weight excluding hydrogens is 487 g/mol. The van der Waals surface area contributed by atoms with Gasteiger partial charge in [0.25, 0.3) is 5.91 Å². The van der Waals surface area contributed by atoms with Gasteiger partial charge in [-0.15, -0.1) is 0 Å². The molecule has 1 amide bonds. The van der Waals surface area contributed by atoms with E-state index in [4.69, 9.17) is 14.5 Å². The molecule has 2 N–H and O–H groups in total. The normalized spacial score (nSPS) is 18.4. The van der Waals surface area contributed by atoms with Crippen LogP contribution in [0.15, 0.2) is 48.8 Å². The fraction of sp³-hybridized carbons (Fsp3) is 0.321. The molecule has 0 atom stereocenters. The van der Waals surface area contributed by atoms with Gasteiger partial charge in [-0.3, -0.25) is 9.20 Å². The van der Waals surface area contributed by atoms with Crippen molar-refractivity contribution in [3.8, 4) is 17.0 Å². The second-order valence-electron chi connectivity index (χ2n) is 9.99. The molecule has 0 spiro atoms. The van der Waals surface area contributed by atoms with Gasteiger partial charge >= 0.3 is 0 Å². The first kappa shape index (κ1) is 24.3. The number of carbonyl (C=O) groups excluding carboxylic acids is 1. The van der Waals surface area contributed by atoms with Gasteiger partial charge < -0.3 is 25.0 Å². The topological polar surface area (TPSA) is 93.0 Å². The molecule has 1 aliphatic heterocycles. The number of methoxy groups -OCH3 is 1. The van der Waals surface area contributed by atoms with E-state index in [-0.39, 0.29) is 23.9 Å². The maximum atomic E-state index is 13.7. The van der Waals surface area contributed by atoms with Gasteiger partial charge in [-0.05, 0) is 43.9 Å². The van der Waals surface area contributed by atoms with Crippen molar-refractivity contribution in [1.29, 1.82) is 0 Å². The van der Waals surface area contributed by atoms with Gasteiger partial charge in [-0.25, -0.2) is 14.4 Å². The Morgan fingerprint density at radius 3 is 2.82 bits per heavy atom. The minimum atomic E-state index is -0.347. The SMILES string of the molecule is COC1CC(Oc2ccc(Nc3ccc(-c4cnc5cc(F)ccn45)c4c3C(=O)NC4)nc2CN(C)C)C1. The number of nitrogens with zero attached hydrogens (tertiary/aromatic N) is 4. The number of ether oxygens (including phenoxy) is 2. The summed E-state index contributed by atoms with van der Waals surface area (Å²) in [5.74, 6) is 0.875. The summed E-state index contributed by atoms with van der Waals surface area (Å²) in [6.07, 6.45) is 5.46. The number of anilines is 2. The molecule has 10 heteroatoms. The van der Waals surface area contributed by atoms with E-state index in [2.05, 4.69) is 15.6 Å². The van der Waals surface area contributed by atoms with Crippen LogP contribution in [0, 0.1) is 5.82 Å². The average molecular weight is 517 g/mol. The number of pyridine rings is 2. The lowest BCUT2D eigenvalue weighted by Crippen LogP contribution is -2.39. The fourth-order valence-corrected chi connectivity index (χ4v) is 5.05. The Kier molecular flexibility index (Phi) is 6.21. The monoisotopic (exact) mass is 516 g/mol. The van der Waals surface area contributed by atoms with Crippen molar-refractivity contribution in [2.75, 3.05) is 26.5 Å². The zero-order chi connectivity index (χ0) is 26.4. The highest BCUT2D eigenvalue weighted by molar-refractivity contribution is 6.06. The molecule has 0 unspecified atom stereocenters. The predicted molar refractivity (Wildman–Crippen MR) is 141 cm³/mol. The molecule has 38 heavy (non-hydrogen) atoms. The zero-order valence-corrected chi connectivity index (χ0v) is 21.5. The molecule has 1 fully saturated rings. The lowest BCUT2D eigenvalue weighted by molar-refractivity contribution is -0.0386. The van der Waals surface area contributed by atoms with E-state index < -0.39 is 0 Å². The molecule has 1 saturated carbocycles. The van der Waals surface area contributed by atoms with Gasteiger partial charge in [0.1, 0.15) is 29.1 Å². The van der Waals surface area contributed by atoms with E-state index in [9.17, 15) is 9.18 Å². The third-order valence-electron chi connectivity index (χ3n) is 7.06. The van der Waals surface area contributed by atoms with Crippen LogP contribution in [0.2, 0.25) is 0 Å². The molecule has 0 saturated heterocycles. The Morgan fingerprint density at radius 2 is 2.03 bits per heavy atom. The molecule has 0 bridgehead atoms. The Bertz CT molecular complexity index is 1530. The van der Waals surface area contributed by atoms with Crippen LogP contribution >= 0.6 is 0 Å². The third kappa shape index (κ3) is 4.46. The number of nitrogens with one attached hydrogen (secondary N) is 2. The highest BCUT2D eigenvalue weighted by atomic mass is 19.1. The summed E-state index contributed by atoms with van der Waals surface area (Å²) in [6, 6.07) is 10.4. The quantitative estimate of drug-likeness (QED) is 0.364. The molecule has 9 nitrogen and oxygen atoms in total. The number of amides is 1. The largest absolute Gasteiger partial charge is 0.488 e. The first-order valence-electron chi connectivity index (χ1n) is 12.6. The van der Waals surface area contributed by atoms with Crippen LogP contribution in [0.5, 0.6) is 5.75 Å². The molecule has 1 aliphatic carbocycles. The Balaban J connectivity index is 1.32. The van der Waals surface area contributed by atoms with Gasteiger partial charge in [-0.2, -0.15) is 0 Å². The summed E-state index contributed by atoms with van der Waals surface area (Å²) in [4.78, 5) is 24.1. The van der Waals surface area contributed by atoms with Crippen molar-refractivity contribution < 1.29 is 18.7 Å². The molecule has 6 rings (SSSR count).